The zero-order valence-corrected chi connectivity index (χ0v) is 28.2. The molecule has 0 radical (unpaired) electrons. The van der Waals surface area contributed by atoms with Crippen LogP contribution in [0.1, 0.15) is 90.2 Å². The van der Waals surface area contributed by atoms with E-state index in [-0.39, 0.29) is 35.4 Å². The van der Waals surface area contributed by atoms with Crippen LogP contribution in [-0.4, -0.2) is 31.1 Å². The van der Waals surface area contributed by atoms with Crippen molar-refractivity contribution in [1.29, 1.82) is 0 Å². The molecule has 4 unspecified atom stereocenters. The Bertz CT molecular complexity index is 1040. The standard InChI is InChI=1S/C26H37O3P.C8H13.CH3.Ni/c1-17-11-8-14-20(28-6)24(17)30(25-18(2)12-9-15-21(25)29-7)22-16-10-13-19(23(22)27)26(3,4)5;1-2-4-6-8-7-5-3-1;;/h8,10-11,13-14,16,18,21,25,27H,9,12,15H2,1-7H3;1-2,7H,3-6,8H2;1H3;/q;-1;+1;/p+1/b;2-1-;;. The Morgan fingerprint density at radius 2 is 1.65 bits per heavy atom. The van der Waals surface area contributed by atoms with Gasteiger partial charge in [-0.1, -0.05) is 83.4 Å². The van der Waals surface area contributed by atoms with Crippen LogP contribution in [-0.2, 0) is 26.6 Å². The summed E-state index contributed by atoms with van der Waals surface area (Å²) in [6.45, 7) is 11.0. The summed E-state index contributed by atoms with van der Waals surface area (Å²) in [5, 5.41) is 13.9. The van der Waals surface area contributed by atoms with Crippen LogP contribution in [0.4, 0.5) is 0 Å². The van der Waals surface area contributed by atoms with Crippen LogP contribution in [0.5, 0.6) is 11.5 Å². The number of aryl methyl sites for hydroxylation is 1. The van der Waals surface area contributed by atoms with Crippen molar-refractivity contribution in [3.05, 3.63) is 73.5 Å². The van der Waals surface area contributed by atoms with Crippen molar-refractivity contribution in [2.24, 2.45) is 5.92 Å². The van der Waals surface area contributed by atoms with Gasteiger partial charge in [-0.15, -0.1) is 0 Å². The van der Waals surface area contributed by atoms with E-state index >= 15 is 0 Å². The fourth-order valence-corrected chi connectivity index (χ4v) is 10.1. The van der Waals surface area contributed by atoms with E-state index in [1.807, 2.05) is 7.11 Å². The van der Waals surface area contributed by atoms with Crippen LogP contribution < -0.4 is 15.3 Å². The Kier molecular flexibility index (Phi) is 16.0. The van der Waals surface area contributed by atoms with Gasteiger partial charge in [0.15, 0.2) is 11.5 Å². The number of hydrogen-bond donors (Lipinski definition) is 1. The molecule has 226 valence electrons. The summed E-state index contributed by atoms with van der Waals surface area (Å²) in [6, 6.07) is 12.6. The van der Waals surface area contributed by atoms with E-state index in [2.05, 4.69) is 89.6 Å². The molecule has 0 heterocycles. The molecule has 1 fully saturated rings. The third-order valence-electron chi connectivity index (χ3n) is 8.14. The van der Waals surface area contributed by atoms with Crippen molar-refractivity contribution in [2.75, 3.05) is 14.2 Å². The number of ether oxygens (including phenoxy) is 2. The van der Waals surface area contributed by atoms with Crippen LogP contribution >= 0.6 is 7.92 Å². The normalized spacial score (nSPS) is 22.6. The summed E-state index contributed by atoms with van der Waals surface area (Å²) < 4.78 is 11.9. The molecule has 4 rings (SSSR count). The van der Waals surface area contributed by atoms with Crippen LogP contribution in [0.25, 0.3) is 0 Å². The first kappa shape index (κ1) is 36.6. The summed E-state index contributed by atoms with van der Waals surface area (Å²) >= 11 is 0. The summed E-state index contributed by atoms with van der Waals surface area (Å²) in [4.78, 5) is 0. The van der Waals surface area contributed by atoms with Crippen molar-refractivity contribution >= 4 is 18.5 Å². The molecule has 40 heavy (non-hydrogen) atoms. The Morgan fingerprint density at radius 1 is 0.950 bits per heavy atom. The number of hydrogen-bond acceptors (Lipinski definition) is 3. The van der Waals surface area contributed by atoms with E-state index in [9.17, 15) is 5.11 Å². The Balaban J connectivity index is 0.000000690. The predicted octanol–water partition coefficient (Wildman–Crippen LogP) is 8.53. The number of phenols is 1. The first-order chi connectivity index (χ1) is 18.2. The van der Waals surface area contributed by atoms with Crippen molar-refractivity contribution in [3.8, 4) is 11.5 Å². The second-order valence-corrected chi connectivity index (χ2v) is 14.5. The molecule has 2 aromatic rings. The fourth-order valence-electron chi connectivity index (χ4n) is 6.08. The van der Waals surface area contributed by atoms with Gasteiger partial charge in [-0.25, -0.2) is 0 Å². The number of allylic oxidation sites excluding steroid dienone is 2. The van der Waals surface area contributed by atoms with Gasteiger partial charge < -0.3 is 21.0 Å². The molecule has 1 N–H and O–H groups in total. The van der Waals surface area contributed by atoms with Gasteiger partial charge in [0.1, 0.15) is 16.3 Å². The summed E-state index contributed by atoms with van der Waals surface area (Å²) in [6.07, 6.45) is 17.2. The number of phenolic OH excluding ortho intramolecular Hbond substituents is 1. The van der Waals surface area contributed by atoms with Gasteiger partial charge in [0, 0.05) is 36.6 Å². The van der Waals surface area contributed by atoms with Gasteiger partial charge in [0.2, 0.25) is 0 Å². The minimum Gasteiger partial charge on any atom is -0.504 e. The SMILES string of the molecule is C1=C\CCC[CH-]CC/1.COc1cccc(C)c1[PH+](c1cccc(C(C)(C)C)c1O)C1C(C)CCCC1OC.[CH3+].[Ni]. The van der Waals surface area contributed by atoms with E-state index in [4.69, 9.17) is 9.47 Å². The third-order valence-corrected chi connectivity index (χ3v) is 11.9. The van der Waals surface area contributed by atoms with E-state index < -0.39 is 7.92 Å². The van der Waals surface area contributed by atoms with E-state index in [1.165, 1.54) is 55.8 Å². The molecule has 0 spiro atoms. The maximum Gasteiger partial charge on any atom is 0.161 e. The Labute approximate surface area is 257 Å². The number of rotatable bonds is 5. The fraction of sp³-hybridized carbons (Fsp3) is 0.543. The molecule has 0 amide bonds. The van der Waals surface area contributed by atoms with Crippen LogP contribution in [0.15, 0.2) is 48.6 Å². The molecule has 1 saturated carbocycles. The molecular formula is C35H54NiO3P+. The zero-order chi connectivity index (χ0) is 27.7. The molecule has 2 aliphatic carbocycles. The molecule has 0 aromatic heterocycles. The summed E-state index contributed by atoms with van der Waals surface area (Å²) in [5.74, 6) is 1.91. The van der Waals surface area contributed by atoms with Gasteiger partial charge in [-0.2, -0.15) is 12.8 Å². The topological polar surface area (TPSA) is 38.7 Å². The minimum atomic E-state index is -1.39. The number of para-hydroxylation sites is 1. The summed E-state index contributed by atoms with van der Waals surface area (Å²) in [7, 11) is 2.20. The predicted molar refractivity (Wildman–Crippen MR) is 173 cm³/mol. The Hall–Kier alpha value is -1.47. The van der Waals surface area contributed by atoms with Crippen LogP contribution in [0, 0.1) is 26.7 Å². The van der Waals surface area contributed by atoms with E-state index in [0.29, 0.717) is 17.3 Å². The molecule has 0 saturated heterocycles. The van der Waals surface area contributed by atoms with Gasteiger partial charge in [0.25, 0.3) is 0 Å². The van der Waals surface area contributed by atoms with E-state index in [0.717, 1.165) is 23.0 Å². The van der Waals surface area contributed by atoms with Gasteiger partial charge in [-0.05, 0) is 55.2 Å². The van der Waals surface area contributed by atoms with Gasteiger partial charge >= 0.3 is 0 Å². The van der Waals surface area contributed by atoms with Crippen LogP contribution in [0.3, 0.4) is 0 Å². The maximum atomic E-state index is 11.5. The monoisotopic (exact) mass is 611 g/mol. The van der Waals surface area contributed by atoms with E-state index in [1.54, 1.807) is 7.11 Å². The molecule has 0 aliphatic heterocycles. The van der Waals surface area contributed by atoms with Crippen molar-refractivity contribution < 1.29 is 31.1 Å². The quantitative estimate of drug-likeness (QED) is 0.159. The average molecular weight is 612 g/mol. The second kappa shape index (κ2) is 17.5. The number of aromatic hydroxyl groups is 1. The molecule has 3 nitrogen and oxygen atoms in total. The maximum absolute atomic E-state index is 11.5. The largest absolute Gasteiger partial charge is 0.504 e. The molecule has 4 atom stereocenters. The number of methoxy groups -OCH3 is 2. The molecule has 2 aliphatic rings. The smallest absolute Gasteiger partial charge is 0.161 e. The van der Waals surface area contributed by atoms with Crippen molar-refractivity contribution in [1.82, 2.24) is 0 Å². The second-order valence-electron chi connectivity index (χ2n) is 12.0. The third kappa shape index (κ3) is 9.27. The molecule has 2 aromatic carbocycles. The first-order valence-electron chi connectivity index (χ1n) is 14.5. The minimum absolute atomic E-state index is 0. The number of benzene rings is 2. The molecular weight excluding hydrogens is 558 g/mol. The van der Waals surface area contributed by atoms with Crippen LogP contribution in [0.2, 0.25) is 0 Å². The molecule has 5 heteroatoms. The van der Waals surface area contributed by atoms with Crippen molar-refractivity contribution in [2.45, 2.75) is 103 Å². The Morgan fingerprint density at radius 3 is 2.33 bits per heavy atom. The van der Waals surface area contributed by atoms with Crippen molar-refractivity contribution in [3.63, 3.8) is 0 Å². The average Bonchev–Trinajstić information content (AvgIpc) is 2.86. The zero-order valence-electron chi connectivity index (χ0n) is 26.2. The first-order valence-corrected chi connectivity index (χ1v) is 16.1. The summed E-state index contributed by atoms with van der Waals surface area (Å²) in [5.41, 5.74) is 2.48. The van der Waals surface area contributed by atoms with Gasteiger partial charge in [-0.3, -0.25) is 0 Å². The van der Waals surface area contributed by atoms with Gasteiger partial charge in [0.05, 0.1) is 21.1 Å². The molecule has 0 bridgehead atoms.